The molecule has 3 fully saturated rings. The Morgan fingerprint density at radius 1 is 0.951 bits per heavy atom. The maximum Gasteiger partial charge on any atom is 0.239 e. The van der Waals surface area contributed by atoms with Crippen LogP contribution >= 0.6 is 0 Å². The van der Waals surface area contributed by atoms with Crippen molar-refractivity contribution in [3.05, 3.63) is 77.4 Å². The van der Waals surface area contributed by atoms with Gasteiger partial charge in [0.15, 0.2) is 0 Å². The maximum absolute atomic E-state index is 14.8. The number of rotatable bonds is 21. The number of aliphatic hydroxyl groups excluding tert-OH is 2. The first-order valence-electron chi connectivity index (χ1n) is 23.7. The molecule has 1 saturated heterocycles. The Kier molecular flexibility index (Phi) is 16.0. The molecule has 2 aromatic carbocycles. The lowest BCUT2D eigenvalue weighted by atomic mass is 9.55. The van der Waals surface area contributed by atoms with E-state index in [4.69, 9.17) is 28.9 Å². The van der Waals surface area contributed by atoms with Gasteiger partial charge in [0.25, 0.3) is 0 Å². The molecule has 10 heteroatoms. The molecule has 0 radical (unpaired) electrons. The second kappa shape index (κ2) is 21.6. The number of hydrogen-bond donors (Lipinski definition) is 2. The van der Waals surface area contributed by atoms with Crippen molar-refractivity contribution in [3.8, 4) is 17.2 Å². The average Bonchev–Trinajstić information content (AvgIpc) is 3.80. The Morgan fingerprint density at radius 3 is 2.43 bits per heavy atom. The van der Waals surface area contributed by atoms with Crippen LogP contribution in [0.5, 0.6) is 17.2 Å². The first kappa shape index (κ1) is 45.3. The van der Waals surface area contributed by atoms with Crippen molar-refractivity contribution in [3.63, 3.8) is 0 Å². The fourth-order valence-corrected chi connectivity index (χ4v) is 11.0. The summed E-state index contributed by atoms with van der Waals surface area (Å²) in [6, 6.07) is 11.8. The molecule has 334 valence electrons. The summed E-state index contributed by atoms with van der Waals surface area (Å²) in [5.74, 6) is 1.46. The van der Waals surface area contributed by atoms with Gasteiger partial charge in [0.1, 0.15) is 23.3 Å². The van der Waals surface area contributed by atoms with Crippen molar-refractivity contribution in [2.75, 3.05) is 33.0 Å². The maximum atomic E-state index is 14.8. The predicted octanol–water partition coefficient (Wildman–Crippen LogP) is 10.5. The summed E-state index contributed by atoms with van der Waals surface area (Å²) in [5, 5.41) is 25.0. The molecule has 3 aliphatic carbocycles. The van der Waals surface area contributed by atoms with Crippen LogP contribution in [0.1, 0.15) is 139 Å². The lowest BCUT2D eigenvalue weighted by molar-refractivity contribution is -0.257. The fraction of sp³-hybridized carbons (Fsp3) is 0.647. The number of fused-ring (bicyclic) bond motifs is 2. The minimum absolute atomic E-state index is 0.120. The molecule has 2 aromatic rings. The molecule has 2 heterocycles. The van der Waals surface area contributed by atoms with Crippen LogP contribution in [0.3, 0.4) is 0 Å². The van der Waals surface area contributed by atoms with Gasteiger partial charge in [-0.3, -0.25) is 4.79 Å². The number of aliphatic hydroxyl groups is 2. The number of amides is 1. The topological polar surface area (TPSA) is 119 Å². The number of benzene rings is 2. The number of nitrogens with zero attached hydrogens (tertiary/aromatic N) is 2. The highest BCUT2D eigenvalue weighted by Crippen LogP contribution is 2.62. The molecule has 5 aliphatic rings. The van der Waals surface area contributed by atoms with E-state index in [-0.39, 0.29) is 49.4 Å². The smallest absolute Gasteiger partial charge is 0.239 e. The molecule has 7 unspecified atom stereocenters. The van der Waals surface area contributed by atoms with E-state index in [9.17, 15) is 15.0 Å². The lowest BCUT2D eigenvalue weighted by Crippen LogP contribution is -2.70. The van der Waals surface area contributed by atoms with Crippen molar-refractivity contribution < 1.29 is 38.8 Å². The largest absolute Gasteiger partial charge is 0.459 e. The van der Waals surface area contributed by atoms with E-state index in [1.54, 1.807) is 6.08 Å². The van der Waals surface area contributed by atoms with Crippen LogP contribution in [-0.4, -0.2) is 77.8 Å². The van der Waals surface area contributed by atoms with Gasteiger partial charge in [-0.1, -0.05) is 68.8 Å². The number of carbonyl (C=O) groups excluding carboxylic acids is 1. The van der Waals surface area contributed by atoms with Crippen LogP contribution in [0.25, 0.3) is 0 Å². The third-order valence-corrected chi connectivity index (χ3v) is 14.2. The highest BCUT2D eigenvalue weighted by Gasteiger charge is 2.65. The summed E-state index contributed by atoms with van der Waals surface area (Å²) >= 11 is 0. The van der Waals surface area contributed by atoms with Gasteiger partial charge in [0.2, 0.25) is 18.0 Å². The van der Waals surface area contributed by atoms with Crippen molar-refractivity contribution in [2.24, 2.45) is 28.8 Å². The zero-order valence-electron chi connectivity index (χ0n) is 37.2. The number of ether oxygens (including phenoxy) is 4. The van der Waals surface area contributed by atoms with E-state index in [1.165, 1.54) is 31.2 Å². The van der Waals surface area contributed by atoms with Crippen molar-refractivity contribution in [2.45, 2.75) is 154 Å². The molecule has 2 N–H and O–H groups in total. The summed E-state index contributed by atoms with van der Waals surface area (Å²) in [6.45, 7) is 12.1. The molecule has 2 saturated carbocycles. The molecule has 10 nitrogen and oxygen atoms in total. The molecule has 7 atom stereocenters. The summed E-state index contributed by atoms with van der Waals surface area (Å²) in [4.78, 5) is 23.2. The minimum atomic E-state index is -1.27. The Labute approximate surface area is 364 Å². The molecule has 0 spiro atoms. The molecular weight excluding hydrogens is 769 g/mol. The molecule has 0 aromatic heterocycles. The van der Waals surface area contributed by atoms with Crippen LogP contribution < -0.4 is 9.47 Å². The van der Waals surface area contributed by atoms with Gasteiger partial charge in [-0.15, -0.1) is 6.58 Å². The Bertz CT molecular complexity index is 1830. The SMILES string of the molecule is C=CCOC12Oc3ccc(Oc4ccc(C)c(C)c4)cc3C3C(CCCCO)C(CCCCO)C=C(C(=NOC4CCCCO4)CC1N(CCC)C(=O)CCC1CCCC1)C32. The summed E-state index contributed by atoms with van der Waals surface area (Å²) in [5.41, 5.74) is 5.26. The predicted molar refractivity (Wildman–Crippen MR) is 239 cm³/mol. The molecule has 61 heavy (non-hydrogen) atoms. The highest BCUT2D eigenvalue weighted by molar-refractivity contribution is 6.03. The quantitative estimate of drug-likeness (QED) is 0.0725. The molecule has 0 bridgehead atoms. The molecule has 2 aliphatic heterocycles. The normalized spacial score (nSPS) is 27.8. The molecule has 1 amide bonds. The lowest BCUT2D eigenvalue weighted by Gasteiger charge is -2.60. The summed E-state index contributed by atoms with van der Waals surface area (Å²) < 4.78 is 27.3. The number of carbonyl (C=O) groups is 1. The van der Waals surface area contributed by atoms with E-state index in [0.717, 1.165) is 104 Å². The second-order valence-corrected chi connectivity index (χ2v) is 18.3. The Morgan fingerprint density at radius 2 is 1.70 bits per heavy atom. The van der Waals surface area contributed by atoms with Gasteiger partial charge in [-0.05, 0) is 130 Å². The fourth-order valence-electron chi connectivity index (χ4n) is 11.0. The zero-order chi connectivity index (χ0) is 42.8. The van der Waals surface area contributed by atoms with Crippen LogP contribution in [0.4, 0.5) is 0 Å². The van der Waals surface area contributed by atoms with E-state index in [1.807, 2.05) is 18.2 Å². The van der Waals surface area contributed by atoms with Gasteiger partial charge in [-0.2, -0.15) is 0 Å². The van der Waals surface area contributed by atoms with Gasteiger partial charge in [0.05, 0.1) is 24.8 Å². The van der Waals surface area contributed by atoms with Crippen molar-refractivity contribution in [1.29, 1.82) is 0 Å². The second-order valence-electron chi connectivity index (χ2n) is 18.3. The van der Waals surface area contributed by atoms with E-state index in [0.29, 0.717) is 38.3 Å². The number of aryl methyl sites for hydroxylation is 2. The van der Waals surface area contributed by atoms with E-state index in [2.05, 4.69) is 56.5 Å². The third-order valence-electron chi connectivity index (χ3n) is 14.2. The monoisotopic (exact) mass is 841 g/mol. The summed E-state index contributed by atoms with van der Waals surface area (Å²) in [7, 11) is 0. The van der Waals surface area contributed by atoms with Gasteiger partial charge in [-0.25, -0.2) is 0 Å². The van der Waals surface area contributed by atoms with E-state index >= 15 is 0 Å². The third kappa shape index (κ3) is 10.4. The number of hydrogen-bond acceptors (Lipinski definition) is 9. The molecular formula is C51H72N2O8. The number of unbranched alkanes of at least 4 members (excludes halogenated alkanes) is 2. The number of allylic oxidation sites excluding steroid dienone is 1. The zero-order valence-corrected chi connectivity index (χ0v) is 37.2. The average molecular weight is 841 g/mol. The standard InChI is InChI=1S/C51H72N2O8/c1-5-26-53(47(56)25-21-37-15-7-8-16-37)46-34-44(52-61-48-19-11-14-30-57-48)42-32-38(17-9-12-27-54)41(18-10-13-28-55)49-43-33-40(59-39-22-20-35(3)36(4)31-39)23-24-45(43)60-51(46,50(42)49)58-29-6-2/h6,20,22-24,31-33,37-38,41,46,48-50,54-55H,2,5,7-19,21,25-30,34H2,1,3-4H3. The van der Waals surface area contributed by atoms with Gasteiger partial charge < -0.3 is 38.9 Å². The van der Waals surface area contributed by atoms with E-state index < -0.39 is 18.1 Å². The van der Waals surface area contributed by atoms with Crippen LogP contribution in [0.15, 0.2) is 65.9 Å². The van der Waals surface area contributed by atoms with Gasteiger partial charge >= 0.3 is 0 Å². The molecule has 7 rings (SSSR count). The van der Waals surface area contributed by atoms with Crippen molar-refractivity contribution in [1.82, 2.24) is 4.90 Å². The minimum Gasteiger partial charge on any atom is -0.459 e. The summed E-state index contributed by atoms with van der Waals surface area (Å²) in [6.07, 6.45) is 18.9. The highest BCUT2D eigenvalue weighted by atomic mass is 16.8. The van der Waals surface area contributed by atoms with Gasteiger partial charge in [0, 0.05) is 50.5 Å². The number of oxime groups is 1. The van der Waals surface area contributed by atoms with Crippen molar-refractivity contribution >= 4 is 11.6 Å². The Balaban J connectivity index is 1.40. The van der Waals surface area contributed by atoms with Crippen LogP contribution in [-0.2, 0) is 19.1 Å². The Hall–Kier alpha value is -3.70. The first-order valence-corrected chi connectivity index (χ1v) is 23.7. The van der Waals surface area contributed by atoms with Crippen LogP contribution in [0.2, 0.25) is 0 Å². The van der Waals surface area contributed by atoms with Crippen LogP contribution in [0, 0.1) is 37.5 Å². The first-order chi connectivity index (χ1) is 29.8.